The van der Waals surface area contributed by atoms with Crippen molar-refractivity contribution in [2.45, 2.75) is 6.04 Å². The maximum Gasteiger partial charge on any atom is 0.160 e. The van der Waals surface area contributed by atoms with Gasteiger partial charge in [-0.05, 0) is 35.4 Å². The number of likely N-dealkylation sites (tertiary alicyclic amines) is 1. The predicted octanol–water partition coefficient (Wildman–Crippen LogP) is 4.55. The number of hydrogen-bond donors (Lipinski definition) is 0. The Morgan fingerprint density at radius 2 is 1.19 bits per heavy atom. The highest BCUT2D eigenvalue weighted by atomic mass is 79.9. The van der Waals surface area contributed by atoms with Crippen LogP contribution in [-0.4, -0.2) is 23.8 Å². The van der Waals surface area contributed by atoms with E-state index >= 15 is 0 Å². The van der Waals surface area contributed by atoms with Crippen molar-refractivity contribution in [2.75, 3.05) is 13.1 Å². The van der Waals surface area contributed by atoms with Gasteiger partial charge in [-0.25, -0.2) is 0 Å². The number of hydrogen-bond acceptors (Lipinski definition) is 2. The van der Waals surface area contributed by atoms with Gasteiger partial charge in [0.25, 0.3) is 0 Å². The smallest absolute Gasteiger partial charge is 0.160 e. The van der Waals surface area contributed by atoms with Crippen molar-refractivity contribution in [1.29, 1.82) is 0 Å². The summed E-state index contributed by atoms with van der Waals surface area (Å²) in [7, 11) is 0. The van der Waals surface area contributed by atoms with Gasteiger partial charge in [-0.3, -0.25) is 9.69 Å². The fraction of sp³-hybridized carbons (Fsp3) is 0.188. The molecule has 21 heavy (non-hydrogen) atoms. The highest BCUT2D eigenvalue weighted by Gasteiger charge is 2.32. The lowest BCUT2D eigenvalue weighted by Crippen LogP contribution is -2.49. The summed E-state index contributed by atoms with van der Waals surface area (Å²) >= 11 is 11.9. The Morgan fingerprint density at radius 3 is 1.52 bits per heavy atom. The third kappa shape index (κ3) is 3.67. The van der Waals surface area contributed by atoms with Crippen LogP contribution in [0.15, 0.2) is 48.5 Å². The summed E-state index contributed by atoms with van der Waals surface area (Å²) < 4.78 is 0. The first kappa shape index (κ1) is 16.5. The zero-order valence-corrected chi connectivity index (χ0v) is 14.4. The molecule has 0 aromatic heterocycles. The minimum atomic E-state index is 0. The molecule has 1 aliphatic heterocycles. The lowest BCUT2D eigenvalue weighted by Gasteiger charge is -2.37. The van der Waals surface area contributed by atoms with Gasteiger partial charge >= 0.3 is 0 Å². The van der Waals surface area contributed by atoms with Crippen molar-refractivity contribution < 1.29 is 4.79 Å². The van der Waals surface area contributed by atoms with E-state index in [0.717, 1.165) is 11.1 Å². The van der Waals surface area contributed by atoms with Gasteiger partial charge in [0, 0.05) is 10.0 Å². The second kappa shape index (κ2) is 6.93. The molecule has 110 valence electrons. The number of Topliss-reactive ketones (excluding diaryl/α,β-unsaturated/α-hetero) is 1. The van der Waals surface area contributed by atoms with Crippen molar-refractivity contribution >= 4 is 46.0 Å². The van der Waals surface area contributed by atoms with Gasteiger partial charge < -0.3 is 0 Å². The molecule has 2 nitrogen and oxygen atoms in total. The van der Waals surface area contributed by atoms with Crippen molar-refractivity contribution in [3.8, 4) is 0 Å². The third-order valence-electron chi connectivity index (χ3n) is 3.50. The topological polar surface area (TPSA) is 20.3 Å². The van der Waals surface area contributed by atoms with E-state index in [4.69, 9.17) is 23.2 Å². The molecule has 0 atom stereocenters. The Bertz CT molecular complexity index is 574. The maximum atomic E-state index is 11.3. The molecule has 3 rings (SSSR count). The second-order valence-corrected chi connectivity index (χ2v) is 5.82. The summed E-state index contributed by atoms with van der Waals surface area (Å²) in [6, 6.07) is 15.6. The Balaban J connectivity index is 0.00000161. The van der Waals surface area contributed by atoms with E-state index in [-0.39, 0.29) is 28.8 Å². The molecule has 2 aromatic rings. The predicted molar refractivity (Wildman–Crippen MR) is 91.6 cm³/mol. The molecule has 0 N–H and O–H groups in total. The van der Waals surface area contributed by atoms with E-state index in [9.17, 15) is 4.79 Å². The van der Waals surface area contributed by atoms with E-state index in [1.54, 1.807) is 0 Å². The van der Waals surface area contributed by atoms with Crippen molar-refractivity contribution in [3.63, 3.8) is 0 Å². The van der Waals surface area contributed by atoms with Crippen LogP contribution in [0.5, 0.6) is 0 Å². The van der Waals surface area contributed by atoms with E-state index in [0.29, 0.717) is 23.1 Å². The van der Waals surface area contributed by atoms with Gasteiger partial charge in [-0.15, -0.1) is 17.0 Å². The molecule has 1 heterocycles. The molecule has 2 aromatic carbocycles. The van der Waals surface area contributed by atoms with Crippen LogP contribution in [0, 0.1) is 0 Å². The Morgan fingerprint density at radius 1 is 0.810 bits per heavy atom. The molecule has 0 aliphatic carbocycles. The van der Waals surface area contributed by atoms with Crippen molar-refractivity contribution in [2.24, 2.45) is 0 Å². The largest absolute Gasteiger partial charge is 0.297 e. The Labute approximate surface area is 144 Å². The van der Waals surface area contributed by atoms with Crippen LogP contribution in [-0.2, 0) is 4.79 Å². The van der Waals surface area contributed by atoms with Gasteiger partial charge in [0.15, 0.2) is 5.78 Å². The monoisotopic (exact) mass is 385 g/mol. The first-order valence-electron chi connectivity index (χ1n) is 6.40. The zero-order chi connectivity index (χ0) is 14.1. The van der Waals surface area contributed by atoms with E-state index in [2.05, 4.69) is 4.90 Å². The lowest BCUT2D eigenvalue weighted by molar-refractivity contribution is -0.130. The van der Waals surface area contributed by atoms with Crippen LogP contribution in [0.3, 0.4) is 0 Å². The number of carbonyl (C=O) groups is 1. The number of carbonyl (C=O) groups excluding carboxylic acids is 1. The summed E-state index contributed by atoms with van der Waals surface area (Å²) in [5, 5.41) is 1.42. The van der Waals surface area contributed by atoms with Gasteiger partial charge in [0.2, 0.25) is 0 Å². The summed E-state index contributed by atoms with van der Waals surface area (Å²) in [4.78, 5) is 13.4. The highest BCUT2D eigenvalue weighted by molar-refractivity contribution is 8.93. The van der Waals surface area contributed by atoms with Crippen LogP contribution in [0.25, 0.3) is 0 Å². The molecule has 1 fully saturated rings. The minimum absolute atomic E-state index is 0. The van der Waals surface area contributed by atoms with E-state index in [1.165, 1.54) is 0 Å². The Hall–Kier alpha value is -0.870. The molecule has 0 amide bonds. The summed E-state index contributed by atoms with van der Waals surface area (Å²) in [6.07, 6.45) is 0. The van der Waals surface area contributed by atoms with Crippen LogP contribution in [0.2, 0.25) is 10.0 Å². The van der Waals surface area contributed by atoms with Crippen LogP contribution < -0.4 is 0 Å². The molecule has 0 radical (unpaired) electrons. The average molecular weight is 387 g/mol. The fourth-order valence-corrected chi connectivity index (χ4v) is 2.75. The SMILES string of the molecule is Br.O=C1CN(C(c2ccc(Cl)cc2)c2ccc(Cl)cc2)C1. The van der Waals surface area contributed by atoms with Crippen molar-refractivity contribution in [1.82, 2.24) is 4.90 Å². The first-order chi connectivity index (χ1) is 9.63. The van der Waals surface area contributed by atoms with Gasteiger partial charge in [-0.2, -0.15) is 0 Å². The lowest BCUT2D eigenvalue weighted by atomic mass is 9.94. The average Bonchev–Trinajstić information content (AvgIpc) is 2.41. The van der Waals surface area contributed by atoms with Crippen LogP contribution in [0.4, 0.5) is 0 Å². The standard InChI is InChI=1S/C16H13Cl2NO.BrH/c17-13-5-1-11(2-6-13)16(19-9-15(20)10-19)12-3-7-14(18)8-4-12;/h1-8,16H,9-10H2;1H. The van der Waals surface area contributed by atoms with Gasteiger partial charge in [0.1, 0.15) is 0 Å². The highest BCUT2D eigenvalue weighted by Crippen LogP contribution is 2.32. The molecule has 1 aliphatic rings. The summed E-state index contributed by atoms with van der Waals surface area (Å²) in [5.41, 5.74) is 2.26. The Kier molecular flexibility index (Phi) is 5.44. The molecule has 0 unspecified atom stereocenters. The number of ketones is 1. The molecule has 0 bridgehead atoms. The number of halogens is 3. The molecule has 5 heteroatoms. The van der Waals surface area contributed by atoms with Crippen LogP contribution in [0.1, 0.15) is 17.2 Å². The second-order valence-electron chi connectivity index (χ2n) is 4.95. The molecular weight excluding hydrogens is 373 g/mol. The first-order valence-corrected chi connectivity index (χ1v) is 7.16. The van der Waals surface area contributed by atoms with Crippen LogP contribution >= 0.6 is 40.2 Å². The molecular formula is C16H14BrCl2NO. The molecule has 0 spiro atoms. The van der Waals surface area contributed by atoms with Gasteiger partial charge in [-0.1, -0.05) is 47.5 Å². The number of benzene rings is 2. The summed E-state index contributed by atoms with van der Waals surface area (Å²) in [5.74, 6) is 0.276. The fourth-order valence-electron chi connectivity index (χ4n) is 2.49. The number of nitrogens with zero attached hydrogens (tertiary/aromatic N) is 1. The summed E-state index contributed by atoms with van der Waals surface area (Å²) in [6.45, 7) is 0.992. The van der Waals surface area contributed by atoms with E-state index in [1.807, 2.05) is 48.5 Å². The molecule has 1 saturated heterocycles. The van der Waals surface area contributed by atoms with Gasteiger partial charge in [0.05, 0.1) is 19.1 Å². The van der Waals surface area contributed by atoms with Crippen molar-refractivity contribution in [3.05, 3.63) is 69.7 Å². The normalized spacial score (nSPS) is 14.7. The third-order valence-corrected chi connectivity index (χ3v) is 4.00. The number of rotatable bonds is 3. The quantitative estimate of drug-likeness (QED) is 0.771. The van der Waals surface area contributed by atoms with E-state index < -0.39 is 0 Å². The maximum absolute atomic E-state index is 11.3. The zero-order valence-electron chi connectivity index (χ0n) is 11.1. The minimum Gasteiger partial charge on any atom is -0.297 e. The molecule has 0 saturated carbocycles.